The minimum Gasteiger partial charge on any atom is -0.347 e. The maximum absolute atomic E-state index is 13.1. The van der Waals surface area contributed by atoms with Crippen molar-refractivity contribution in [2.75, 3.05) is 26.3 Å². The fourth-order valence-corrected chi connectivity index (χ4v) is 2.56. The van der Waals surface area contributed by atoms with Crippen molar-refractivity contribution in [3.8, 4) is 0 Å². The van der Waals surface area contributed by atoms with E-state index in [2.05, 4.69) is 4.90 Å². The number of ether oxygens (including phenoxy) is 2. The summed E-state index contributed by atoms with van der Waals surface area (Å²) in [6.07, 6.45) is 8.45. The third kappa shape index (κ3) is 5.02. The number of hydrogen-bond acceptors (Lipinski definition) is 3. The normalized spacial score (nSPS) is 30.0. The number of rotatable bonds is 4. The van der Waals surface area contributed by atoms with Crippen LogP contribution in [-0.4, -0.2) is 43.5 Å². The molecule has 0 atom stereocenters. The van der Waals surface area contributed by atoms with E-state index in [9.17, 15) is 8.78 Å². The van der Waals surface area contributed by atoms with Gasteiger partial charge in [0.05, 0.1) is 19.3 Å². The van der Waals surface area contributed by atoms with Gasteiger partial charge in [0.25, 0.3) is 0 Å². The van der Waals surface area contributed by atoms with Crippen molar-refractivity contribution in [3.05, 3.63) is 36.0 Å². The lowest BCUT2D eigenvalue weighted by Gasteiger charge is -2.38. The summed E-state index contributed by atoms with van der Waals surface area (Å²) < 4.78 is 37.2. The molecular formula is C16H23F2NO2. The summed E-state index contributed by atoms with van der Waals surface area (Å²) in [5, 5.41) is 0. The molecule has 0 aromatic rings. The predicted octanol–water partition coefficient (Wildman–Crippen LogP) is 3.50. The van der Waals surface area contributed by atoms with Crippen LogP contribution in [0.2, 0.25) is 0 Å². The molecule has 3 nitrogen and oxygen atoms in total. The predicted molar refractivity (Wildman–Crippen MR) is 78.1 cm³/mol. The van der Waals surface area contributed by atoms with E-state index in [1.807, 2.05) is 0 Å². The maximum Gasteiger partial charge on any atom is 0.177 e. The lowest BCUT2D eigenvalue weighted by molar-refractivity contribution is -0.181. The average molecular weight is 299 g/mol. The fourth-order valence-electron chi connectivity index (χ4n) is 2.56. The van der Waals surface area contributed by atoms with E-state index in [-0.39, 0.29) is 0 Å². The van der Waals surface area contributed by atoms with Gasteiger partial charge >= 0.3 is 0 Å². The van der Waals surface area contributed by atoms with Crippen LogP contribution in [0.1, 0.15) is 26.2 Å². The average Bonchev–Trinajstić information content (AvgIpc) is 2.55. The lowest BCUT2D eigenvalue weighted by atomic mass is 10.1. The summed E-state index contributed by atoms with van der Waals surface area (Å²) in [6, 6.07) is 0.308. The van der Waals surface area contributed by atoms with Crippen LogP contribution in [0.3, 0.4) is 0 Å². The van der Waals surface area contributed by atoms with Crippen LogP contribution in [0, 0.1) is 0 Å². The highest BCUT2D eigenvalue weighted by molar-refractivity contribution is 5.22. The first-order valence-electron chi connectivity index (χ1n) is 7.54. The van der Waals surface area contributed by atoms with Crippen molar-refractivity contribution in [1.29, 1.82) is 0 Å². The molecule has 2 saturated heterocycles. The van der Waals surface area contributed by atoms with Crippen molar-refractivity contribution in [2.24, 2.45) is 0 Å². The quantitative estimate of drug-likeness (QED) is 0.742. The number of allylic oxidation sites excluding steroid dienone is 5. The van der Waals surface area contributed by atoms with Crippen LogP contribution in [0.5, 0.6) is 0 Å². The van der Waals surface area contributed by atoms with Gasteiger partial charge in [-0.3, -0.25) is 4.90 Å². The number of halogens is 2. The maximum atomic E-state index is 13.1. The first-order valence-corrected chi connectivity index (χ1v) is 7.54. The second kappa shape index (κ2) is 8.41. The molecule has 0 aromatic heterocycles. The van der Waals surface area contributed by atoms with Gasteiger partial charge < -0.3 is 9.47 Å². The van der Waals surface area contributed by atoms with Gasteiger partial charge in [0.1, 0.15) is 0 Å². The van der Waals surface area contributed by atoms with E-state index < -0.39 is 17.9 Å². The Balaban J connectivity index is 1.76. The van der Waals surface area contributed by atoms with Crippen molar-refractivity contribution >= 4 is 0 Å². The van der Waals surface area contributed by atoms with Gasteiger partial charge in [-0.2, -0.15) is 0 Å². The number of likely N-dealkylation sites (tertiary alicyclic amines) is 1. The number of piperidine rings is 1. The minimum absolute atomic E-state index is 0.308. The lowest BCUT2D eigenvalue weighted by Crippen LogP contribution is -2.48. The van der Waals surface area contributed by atoms with Gasteiger partial charge in [-0.1, -0.05) is 12.5 Å². The van der Waals surface area contributed by atoms with Crippen molar-refractivity contribution in [1.82, 2.24) is 4.90 Å². The Morgan fingerprint density at radius 1 is 1.05 bits per heavy atom. The van der Waals surface area contributed by atoms with Gasteiger partial charge in [-0.05, 0) is 51.1 Å². The van der Waals surface area contributed by atoms with Gasteiger partial charge in [0.2, 0.25) is 0 Å². The Morgan fingerprint density at radius 3 is 2.33 bits per heavy atom. The smallest absolute Gasteiger partial charge is 0.177 e. The molecule has 0 bridgehead atoms. The summed E-state index contributed by atoms with van der Waals surface area (Å²) in [6.45, 7) is 4.89. The van der Waals surface area contributed by atoms with E-state index in [0.29, 0.717) is 19.3 Å². The largest absolute Gasteiger partial charge is 0.347 e. The zero-order valence-corrected chi connectivity index (χ0v) is 12.4. The molecule has 2 fully saturated rings. The molecular weight excluding hydrogens is 276 g/mol. The Bertz CT molecular complexity index is 407. The summed E-state index contributed by atoms with van der Waals surface area (Å²) >= 11 is 0. The third-order valence-electron chi connectivity index (χ3n) is 3.81. The molecule has 0 saturated carbocycles. The molecule has 0 spiro atoms. The van der Waals surface area contributed by atoms with Crippen LogP contribution in [-0.2, 0) is 9.47 Å². The zero-order valence-electron chi connectivity index (χ0n) is 12.4. The van der Waals surface area contributed by atoms with Crippen LogP contribution in [0.4, 0.5) is 8.78 Å². The van der Waals surface area contributed by atoms with Crippen LogP contribution >= 0.6 is 0 Å². The first kappa shape index (κ1) is 16.3. The van der Waals surface area contributed by atoms with Crippen molar-refractivity contribution in [3.63, 3.8) is 0 Å². The van der Waals surface area contributed by atoms with Crippen molar-refractivity contribution in [2.45, 2.75) is 38.5 Å². The Kier molecular flexibility index (Phi) is 6.54. The summed E-state index contributed by atoms with van der Waals surface area (Å²) in [5.41, 5.74) is 0. The monoisotopic (exact) mass is 299 g/mol. The van der Waals surface area contributed by atoms with Gasteiger partial charge in [0, 0.05) is 0 Å². The fraction of sp³-hybridized carbons (Fsp3) is 0.625. The van der Waals surface area contributed by atoms with E-state index in [1.54, 1.807) is 6.08 Å². The Hall–Kier alpha value is -1.04. The topological polar surface area (TPSA) is 21.7 Å². The Morgan fingerprint density at radius 2 is 1.71 bits per heavy atom. The van der Waals surface area contributed by atoms with E-state index >= 15 is 0 Å². The van der Waals surface area contributed by atoms with Gasteiger partial charge in [0.15, 0.2) is 17.9 Å². The van der Waals surface area contributed by atoms with Crippen LogP contribution < -0.4 is 0 Å². The highest BCUT2D eigenvalue weighted by atomic mass is 19.2. The molecule has 0 N–H and O–H groups in total. The molecule has 21 heavy (non-hydrogen) atoms. The highest BCUT2D eigenvalue weighted by Gasteiger charge is 2.26. The van der Waals surface area contributed by atoms with E-state index in [1.165, 1.54) is 32.3 Å². The molecule has 2 rings (SSSR count). The summed E-state index contributed by atoms with van der Waals surface area (Å²) in [5.74, 6) is -1.76. The second-order valence-electron chi connectivity index (χ2n) is 5.32. The van der Waals surface area contributed by atoms with E-state index in [4.69, 9.17) is 9.47 Å². The second-order valence-corrected chi connectivity index (χ2v) is 5.32. The molecule has 0 unspecified atom stereocenters. The third-order valence-corrected chi connectivity index (χ3v) is 3.81. The summed E-state index contributed by atoms with van der Waals surface area (Å²) in [4.78, 5) is 2.41. The first-order chi connectivity index (χ1) is 10.2. The van der Waals surface area contributed by atoms with Crippen LogP contribution in [0.15, 0.2) is 36.0 Å². The van der Waals surface area contributed by atoms with E-state index in [0.717, 1.165) is 25.2 Å². The zero-order chi connectivity index (χ0) is 15.1. The molecule has 0 aromatic carbocycles. The molecule has 2 aliphatic rings. The standard InChI is InChI=1S/C16H23F2NO2/c1-2-14(17)15(18)7-6-8-16-20-11-13(12-21-16)19-9-4-3-5-10-19/h2,6-8,13,16H,3-5,9-12H2,1H3/b8-6+,14-2+,15-7+. The number of hydrogen-bond donors (Lipinski definition) is 0. The highest BCUT2D eigenvalue weighted by Crippen LogP contribution is 2.18. The van der Waals surface area contributed by atoms with Crippen molar-refractivity contribution < 1.29 is 18.3 Å². The molecule has 5 heteroatoms. The molecule has 0 amide bonds. The molecule has 0 aliphatic carbocycles. The molecule has 2 aliphatic heterocycles. The molecule has 118 valence electrons. The molecule has 2 heterocycles. The number of nitrogens with zero attached hydrogens (tertiary/aromatic N) is 1. The van der Waals surface area contributed by atoms with Crippen LogP contribution in [0.25, 0.3) is 0 Å². The summed E-state index contributed by atoms with van der Waals surface area (Å²) in [7, 11) is 0. The molecule has 0 radical (unpaired) electrons. The van der Waals surface area contributed by atoms with Gasteiger partial charge in [-0.25, -0.2) is 8.78 Å². The van der Waals surface area contributed by atoms with Gasteiger partial charge in [-0.15, -0.1) is 0 Å². The minimum atomic E-state index is -0.893. The SMILES string of the molecule is C\C=C(F)/C(F)=C\C=C\C1OCC(N2CCCCC2)CO1. The Labute approximate surface area is 124 Å².